The van der Waals surface area contributed by atoms with Gasteiger partial charge in [-0.15, -0.1) is 0 Å². The van der Waals surface area contributed by atoms with E-state index in [9.17, 15) is 28.8 Å². The van der Waals surface area contributed by atoms with Gasteiger partial charge in [-0.25, -0.2) is 4.79 Å². The summed E-state index contributed by atoms with van der Waals surface area (Å²) in [5, 5.41) is 8.11. The fraction of sp³-hybridized carbons (Fsp3) is 0.680. The molecule has 0 fully saturated rings. The Hall–Kier alpha value is -3.04. The Kier molecular flexibility index (Phi) is 21.2. The van der Waals surface area contributed by atoms with Crippen LogP contribution in [-0.2, 0) is 38.2 Å². The average molecular weight is 502 g/mol. The first-order valence-electron chi connectivity index (χ1n) is 11.5. The molecule has 0 unspecified atom stereocenters. The summed E-state index contributed by atoms with van der Waals surface area (Å²) < 4.78 is 9.42. The van der Waals surface area contributed by atoms with Crippen LogP contribution in [0.4, 0.5) is 0 Å². The zero-order chi connectivity index (χ0) is 28.3. The van der Waals surface area contributed by atoms with Crippen molar-refractivity contribution in [2.75, 3.05) is 27.3 Å². The molecule has 1 N–H and O–H groups in total. The zero-order valence-electron chi connectivity index (χ0n) is 22.8. The quantitative estimate of drug-likeness (QED) is 0.183. The lowest BCUT2D eigenvalue weighted by atomic mass is 10.0. The van der Waals surface area contributed by atoms with E-state index in [0.29, 0.717) is 6.61 Å². The van der Waals surface area contributed by atoms with Crippen LogP contribution in [0.15, 0.2) is 11.8 Å². The minimum absolute atomic E-state index is 0.0662. The number of carbonyl (C=O) groups is 6. The molecule has 0 amide bonds. The molecule has 202 valence electrons. The van der Waals surface area contributed by atoms with Crippen LogP contribution in [0.2, 0.25) is 0 Å². The normalized spacial score (nSPS) is 10.5. The first-order chi connectivity index (χ1) is 16.0. The maximum atomic E-state index is 11.7. The standard InChI is InChI=1S/C11H19NO3.C8H14O3.C6H10O3/c1-6-15-11(14)9(7-12(4)5)10(13)8(2)3;1-4-11-8(10)5-7(9)6(2)3;1-4(2)5(7)3-6(8)9/h7-8H,6H2,1-5H3;6H,4-5H2,1-3H3;4H,3H2,1-2H3,(H,8,9)/b9-7-;;. The fourth-order valence-electron chi connectivity index (χ4n) is 1.91. The van der Waals surface area contributed by atoms with E-state index >= 15 is 0 Å². The highest BCUT2D eigenvalue weighted by atomic mass is 16.5. The van der Waals surface area contributed by atoms with Crippen LogP contribution in [0.1, 0.15) is 68.2 Å². The number of carbonyl (C=O) groups excluding carboxylic acids is 5. The topological polar surface area (TPSA) is 144 Å². The summed E-state index contributed by atoms with van der Waals surface area (Å²) in [4.78, 5) is 67.0. The molecule has 10 heteroatoms. The van der Waals surface area contributed by atoms with Crippen molar-refractivity contribution in [1.29, 1.82) is 0 Å². The molecule has 0 bridgehead atoms. The Labute approximate surface area is 209 Å². The van der Waals surface area contributed by atoms with Gasteiger partial charge in [-0.2, -0.15) is 0 Å². The molecule has 0 atom stereocenters. The molecule has 0 saturated carbocycles. The van der Waals surface area contributed by atoms with Crippen LogP contribution >= 0.6 is 0 Å². The molecule has 0 aliphatic heterocycles. The van der Waals surface area contributed by atoms with Gasteiger partial charge < -0.3 is 19.5 Å². The van der Waals surface area contributed by atoms with Crippen LogP contribution in [0, 0.1) is 17.8 Å². The zero-order valence-corrected chi connectivity index (χ0v) is 22.8. The van der Waals surface area contributed by atoms with Crippen molar-refractivity contribution in [3.63, 3.8) is 0 Å². The number of hydrogen-bond donors (Lipinski definition) is 1. The summed E-state index contributed by atoms with van der Waals surface area (Å²) in [7, 11) is 3.51. The number of carboxylic acids is 1. The third-order valence-corrected chi connectivity index (χ3v) is 3.91. The third kappa shape index (κ3) is 21.2. The van der Waals surface area contributed by atoms with Gasteiger partial charge in [0.15, 0.2) is 5.78 Å². The number of ketones is 3. The largest absolute Gasteiger partial charge is 0.481 e. The van der Waals surface area contributed by atoms with Crippen molar-refractivity contribution >= 4 is 35.3 Å². The number of esters is 2. The molecular weight excluding hydrogens is 458 g/mol. The highest BCUT2D eigenvalue weighted by Crippen LogP contribution is 2.09. The molecule has 0 aromatic heterocycles. The lowest BCUT2D eigenvalue weighted by Crippen LogP contribution is -2.22. The van der Waals surface area contributed by atoms with Crippen LogP contribution in [-0.4, -0.2) is 72.6 Å². The van der Waals surface area contributed by atoms with E-state index in [1.54, 1.807) is 74.4 Å². The van der Waals surface area contributed by atoms with Crippen molar-refractivity contribution in [2.45, 2.75) is 68.2 Å². The molecule has 10 nitrogen and oxygen atoms in total. The van der Waals surface area contributed by atoms with Gasteiger partial charge in [0.2, 0.25) is 0 Å². The van der Waals surface area contributed by atoms with E-state index in [-0.39, 0.29) is 60.1 Å². The Balaban J connectivity index is -0.000000456. The Morgan fingerprint density at radius 2 is 1.17 bits per heavy atom. The van der Waals surface area contributed by atoms with Crippen molar-refractivity contribution in [1.82, 2.24) is 4.90 Å². The summed E-state index contributed by atoms with van der Waals surface area (Å²) in [6.45, 7) is 14.5. The van der Waals surface area contributed by atoms with Gasteiger partial charge in [-0.1, -0.05) is 41.5 Å². The van der Waals surface area contributed by atoms with E-state index in [1.165, 1.54) is 6.20 Å². The molecule has 0 aliphatic carbocycles. The second kappa shape index (κ2) is 20.3. The van der Waals surface area contributed by atoms with Crippen molar-refractivity contribution in [2.24, 2.45) is 17.8 Å². The van der Waals surface area contributed by atoms with Crippen molar-refractivity contribution in [3.8, 4) is 0 Å². The average Bonchev–Trinajstić information content (AvgIpc) is 2.71. The molecule has 0 rings (SSSR count). The molecule has 0 aliphatic rings. The summed E-state index contributed by atoms with van der Waals surface area (Å²) in [6.07, 6.45) is 1.06. The van der Waals surface area contributed by atoms with Crippen LogP contribution < -0.4 is 0 Å². The van der Waals surface area contributed by atoms with Crippen LogP contribution in [0.5, 0.6) is 0 Å². The van der Waals surface area contributed by atoms with E-state index in [0.717, 1.165) is 0 Å². The summed E-state index contributed by atoms with van der Waals surface area (Å²) in [5.41, 5.74) is 0.108. The molecule has 0 saturated heterocycles. The minimum Gasteiger partial charge on any atom is -0.481 e. The molecule has 0 spiro atoms. The Morgan fingerprint density at radius 1 is 0.743 bits per heavy atom. The van der Waals surface area contributed by atoms with Gasteiger partial charge in [0, 0.05) is 38.0 Å². The predicted octanol–water partition coefficient (Wildman–Crippen LogP) is 3.07. The number of ether oxygens (including phenoxy) is 2. The van der Waals surface area contributed by atoms with Gasteiger partial charge in [-0.3, -0.25) is 24.0 Å². The van der Waals surface area contributed by atoms with Gasteiger partial charge in [-0.05, 0) is 13.8 Å². The van der Waals surface area contributed by atoms with E-state index in [1.807, 2.05) is 0 Å². The molecule has 0 aromatic carbocycles. The molecule has 35 heavy (non-hydrogen) atoms. The summed E-state index contributed by atoms with van der Waals surface area (Å²) in [6, 6.07) is 0. The highest BCUT2D eigenvalue weighted by Gasteiger charge is 2.22. The fourth-order valence-corrected chi connectivity index (χ4v) is 1.91. The van der Waals surface area contributed by atoms with Crippen molar-refractivity contribution < 1.29 is 43.3 Å². The van der Waals surface area contributed by atoms with Gasteiger partial charge in [0.05, 0.1) is 13.2 Å². The highest BCUT2D eigenvalue weighted by molar-refractivity contribution is 6.17. The lowest BCUT2D eigenvalue weighted by molar-refractivity contribution is -0.146. The maximum absolute atomic E-state index is 11.7. The van der Waals surface area contributed by atoms with Crippen molar-refractivity contribution in [3.05, 3.63) is 11.8 Å². The lowest BCUT2D eigenvalue weighted by Gasteiger charge is -2.11. The first-order valence-corrected chi connectivity index (χ1v) is 11.5. The molecule has 0 radical (unpaired) electrons. The Morgan fingerprint density at radius 3 is 1.46 bits per heavy atom. The first kappa shape index (κ1) is 36.5. The number of carboxylic acid groups (broad SMARTS) is 1. The van der Waals surface area contributed by atoms with Gasteiger partial charge in [0.25, 0.3) is 0 Å². The second-order valence-electron chi connectivity index (χ2n) is 8.54. The number of Topliss-reactive ketones (excluding diaryl/α,β-unsaturated/α-hetero) is 3. The number of rotatable bonds is 12. The minimum atomic E-state index is -1.05. The molecule has 0 aromatic rings. The smallest absolute Gasteiger partial charge is 0.343 e. The summed E-state index contributed by atoms with van der Waals surface area (Å²) >= 11 is 0. The predicted molar refractivity (Wildman–Crippen MR) is 131 cm³/mol. The van der Waals surface area contributed by atoms with Crippen LogP contribution in [0.3, 0.4) is 0 Å². The van der Waals surface area contributed by atoms with Crippen LogP contribution in [0.25, 0.3) is 0 Å². The van der Waals surface area contributed by atoms with Gasteiger partial charge >= 0.3 is 17.9 Å². The molecular formula is C25H43NO9. The number of nitrogens with zero attached hydrogens (tertiary/aromatic N) is 1. The Bertz CT molecular complexity index is 735. The van der Waals surface area contributed by atoms with E-state index in [2.05, 4.69) is 4.74 Å². The number of hydrogen-bond acceptors (Lipinski definition) is 9. The third-order valence-electron chi connectivity index (χ3n) is 3.91. The van der Waals surface area contributed by atoms with Gasteiger partial charge in [0.1, 0.15) is 30.0 Å². The monoisotopic (exact) mass is 501 g/mol. The number of aliphatic carboxylic acids is 1. The van der Waals surface area contributed by atoms with E-state index < -0.39 is 17.9 Å². The SMILES string of the molecule is CC(C)C(=O)CC(=O)O.CCOC(=O)/C(=C\N(C)C)C(=O)C(C)C.CCOC(=O)CC(=O)C(C)C. The second-order valence-corrected chi connectivity index (χ2v) is 8.54. The summed E-state index contributed by atoms with van der Waals surface area (Å²) in [5.74, 6) is -2.96. The molecule has 0 heterocycles. The van der Waals surface area contributed by atoms with E-state index in [4.69, 9.17) is 9.84 Å². The maximum Gasteiger partial charge on any atom is 0.343 e.